The maximum Gasteiger partial charge on any atom is 0.146 e. The predicted molar refractivity (Wildman–Crippen MR) is 74.8 cm³/mol. The van der Waals surface area contributed by atoms with Crippen molar-refractivity contribution in [3.8, 4) is 0 Å². The van der Waals surface area contributed by atoms with Gasteiger partial charge in [0, 0.05) is 5.37 Å². The van der Waals surface area contributed by atoms with Crippen LogP contribution in [0.1, 0.15) is 25.8 Å². The summed E-state index contributed by atoms with van der Waals surface area (Å²) < 4.78 is 24.3. The number of hydrogen-bond donors (Lipinski definition) is 2. The van der Waals surface area contributed by atoms with E-state index in [9.17, 15) is 13.6 Å². The quantitative estimate of drug-likeness (QED) is 0.610. The summed E-state index contributed by atoms with van der Waals surface area (Å²) in [6, 6.07) is 8.25. The lowest BCUT2D eigenvalue weighted by molar-refractivity contribution is -0.110. The first-order chi connectivity index (χ1) is 8.48. The normalized spacial score (nSPS) is 17.5. The van der Waals surface area contributed by atoms with Crippen molar-refractivity contribution < 1.29 is 13.6 Å². The van der Waals surface area contributed by atoms with Crippen molar-refractivity contribution in [2.24, 2.45) is 5.92 Å². The Hall–Kier alpha value is -1.17. The first-order valence-corrected chi connectivity index (χ1v) is 7.45. The van der Waals surface area contributed by atoms with Crippen LogP contribution in [0.2, 0.25) is 0 Å². The molecule has 1 aromatic rings. The van der Waals surface area contributed by atoms with Crippen LogP contribution in [0.4, 0.5) is 0 Å². The summed E-state index contributed by atoms with van der Waals surface area (Å²) in [5.74, 6) is 0.0136. The van der Waals surface area contributed by atoms with E-state index in [1.54, 1.807) is 24.3 Å². The predicted octanol–water partition coefficient (Wildman–Crippen LogP) is 1.71. The first-order valence-electron chi connectivity index (χ1n) is 5.87. The summed E-state index contributed by atoms with van der Waals surface area (Å²) in [6.07, 6.45) is 1.44. The summed E-state index contributed by atoms with van der Waals surface area (Å²) in [5.41, 5.74) is 0.645. The largest absolute Gasteiger partial charge is 0.302 e. The number of benzene rings is 1. The van der Waals surface area contributed by atoms with Crippen LogP contribution in [0, 0.1) is 5.92 Å². The lowest BCUT2D eigenvalue weighted by Gasteiger charge is -2.19. The smallest absolute Gasteiger partial charge is 0.146 e. The van der Waals surface area contributed by atoms with Gasteiger partial charge in [-0.2, -0.15) is 0 Å². The molecular weight excluding hydrogens is 250 g/mol. The molecule has 0 aliphatic carbocycles. The molecule has 0 fully saturated rings. The molecule has 0 saturated carbocycles. The fourth-order valence-corrected chi connectivity index (χ4v) is 2.75. The molecule has 0 aromatic heterocycles. The van der Waals surface area contributed by atoms with Gasteiger partial charge in [0.2, 0.25) is 0 Å². The SMILES string of the molecule is CC[C@@H](C)[C@H](C=O)NS(=O)(O)=Cc1ccccc1. The van der Waals surface area contributed by atoms with Gasteiger partial charge < -0.3 is 9.35 Å². The van der Waals surface area contributed by atoms with Gasteiger partial charge in [-0.1, -0.05) is 50.6 Å². The van der Waals surface area contributed by atoms with E-state index in [2.05, 4.69) is 4.72 Å². The van der Waals surface area contributed by atoms with Crippen molar-refractivity contribution in [3.05, 3.63) is 35.9 Å². The molecule has 0 aliphatic heterocycles. The maximum absolute atomic E-state index is 12.0. The Bertz CT molecular complexity index is 492. The molecule has 18 heavy (non-hydrogen) atoms. The molecule has 0 amide bonds. The molecule has 100 valence electrons. The Morgan fingerprint density at radius 2 is 2.00 bits per heavy atom. The zero-order chi connectivity index (χ0) is 13.6. The van der Waals surface area contributed by atoms with E-state index >= 15 is 0 Å². The van der Waals surface area contributed by atoms with Gasteiger partial charge in [0.1, 0.15) is 16.3 Å². The number of nitrogens with one attached hydrogen (secondary N) is 1. The molecule has 0 saturated heterocycles. The van der Waals surface area contributed by atoms with Crippen LogP contribution in [0.25, 0.3) is 0 Å². The lowest BCUT2D eigenvalue weighted by Crippen LogP contribution is -2.40. The maximum atomic E-state index is 12.0. The van der Waals surface area contributed by atoms with Gasteiger partial charge in [0.15, 0.2) is 0 Å². The molecule has 1 rings (SSSR count). The highest BCUT2D eigenvalue weighted by Crippen LogP contribution is 2.07. The van der Waals surface area contributed by atoms with E-state index in [0.29, 0.717) is 11.8 Å². The van der Waals surface area contributed by atoms with Gasteiger partial charge in [-0.15, -0.1) is 0 Å². The van der Waals surface area contributed by atoms with Crippen molar-refractivity contribution in [3.63, 3.8) is 0 Å². The van der Waals surface area contributed by atoms with Crippen molar-refractivity contribution >= 4 is 21.6 Å². The Balaban J connectivity index is 2.90. The molecule has 0 spiro atoms. The number of rotatable bonds is 6. The number of hydrogen-bond acceptors (Lipinski definition) is 2. The van der Waals surface area contributed by atoms with Gasteiger partial charge in [0.05, 0.1) is 6.04 Å². The fourth-order valence-electron chi connectivity index (χ4n) is 1.48. The molecule has 5 heteroatoms. The number of carbonyl (C=O) groups is 1. The summed E-state index contributed by atoms with van der Waals surface area (Å²) in [4.78, 5) is 10.9. The van der Waals surface area contributed by atoms with Gasteiger partial charge >= 0.3 is 0 Å². The summed E-state index contributed by atoms with van der Waals surface area (Å²) in [7, 11) is -3.36. The molecule has 3 atom stereocenters. The van der Waals surface area contributed by atoms with Crippen molar-refractivity contribution in [1.82, 2.24) is 4.72 Å². The van der Waals surface area contributed by atoms with Gasteiger partial charge in [0.25, 0.3) is 0 Å². The highest BCUT2D eigenvalue weighted by Gasteiger charge is 2.18. The van der Waals surface area contributed by atoms with Crippen LogP contribution < -0.4 is 4.72 Å². The van der Waals surface area contributed by atoms with Crippen LogP contribution in [-0.4, -0.2) is 26.5 Å². The van der Waals surface area contributed by atoms with E-state index in [4.69, 9.17) is 0 Å². The van der Waals surface area contributed by atoms with Crippen LogP contribution in [0.5, 0.6) is 0 Å². The van der Waals surface area contributed by atoms with Gasteiger partial charge in [-0.05, 0) is 11.5 Å². The zero-order valence-electron chi connectivity index (χ0n) is 10.6. The average molecular weight is 269 g/mol. The van der Waals surface area contributed by atoms with E-state index in [0.717, 1.165) is 6.42 Å². The monoisotopic (exact) mass is 269 g/mol. The molecule has 0 heterocycles. The molecule has 1 aromatic carbocycles. The fraction of sp³-hybridized carbons (Fsp3) is 0.385. The zero-order valence-corrected chi connectivity index (χ0v) is 11.4. The average Bonchev–Trinajstić information content (AvgIpc) is 2.35. The molecular formula is C13H19NO3S. The Morgan fingerprint density at radius 3 is 2.50 bits per heavy atom. The van der Waals surface area contributed by atoms with E-state index in [-0.39, 0.29) is 5.92 Å². The third kappa shape index (κ3) is 4.60. The highest BCUT2D eigenvalue weighted by molar-refractivity contribution is 7.94. The first kappa shape index (κ1) is 14.9. The summed E-state index contributed by atoms with van der Waals surface area (Å²) in [5, 5.41) is 1.24. The third-order valence-corrected chi connectivity index (χ3v) is 4.01. The topological polar surface area (TPSA) is 66.4 Å². The van der Waals surface area contributed by atoms with Crippen molar-refractivity contribution in [2.45, 2.75) is 26.3 Å². The van der Waals surface area contributed by atoms with Crippen LogP contribution in [0.15, 0.2) is 30.3 Å². The summed E-state index contributed by atoms with van der Waals surface area (Å²) in [6.45, 7) is 3.80. The Morgan fingerprint density at radius 1 is 1.39 bits per heavy atom. The van der Waals surface area contributed by atoms with Crippen LogP contribution in [-0.2, 0) is 14.8 Å². The molecule has 0 bridgehead atoms. The molecule has 0 radical (unpaired) electrons. The molecule has 1 unspecified atom stereocenters. The highest BCUT2D eigenvalue weighted by atomic mass is 32.2. The summed E-state index contributed by atoms with van der Waals surface area (Å²) >= 11 is 0. The second-order valence-electron chi connectivity index (χ2n) is 4.26. The molecule has 4 nitrogen and oxygen atoms in total. The van der Waals surface area contributed by atoms with Gasteiger partial charge in [-0.3, -0.25) is 0 Å². The Kier molecular flexibility index (Phi) is 5.53. The minimum Gasteiger partial charge on any atom is -0.302 e. The molecule has 2 N–H and O–H groups in total. The standard InChI is InChI=1S/C13H19NO3S/c1-3-11(2)13(9-15)14-18(16,17)10-12-7-5-4-6-8-12/h4-11,13H,3H2,1-2H3,(H2,14,16,17)/t11-,13+/m1/s1. The third-order valence-electron chi connectivity index (χ3n) is 2.80. The van der Waals surface area contributed by atoms with Crippen molar-refractivity contribution in [2.75, 3.05) is 0 Å². The van der Waals surface area contributed by atoms with Crippen LogP contribution >= 0.6 is 0 Å². The Labute approximate surface area is 108 Å². The second-order valence-corrected chi connectivity index (χ2v) is 5.87. The van der Waals surface area contributed by atoms with E-state index in [1.807, 2.05) is 19.9 Å². The van der Waals surface area contributed by atoms with Gasteiger partial charge in [-0.25, -0.2) is 8.93 Å². The van der Waals surface area contributed by atoms with E-state index < -0.39 is 16.0 Å². The second kappa shape index (κ2) is 6.68. The van der Waals surface area contributed by atoms with Crippen LogP contribution in [0.3, 0.4) is 0 Å². The van der Waals surface area contributed by atoms with E-state index in [1.165, 1.54) is 5.37 Å². The minimum atomic E-state index is -3.36. The minimum absolute atomic E-state index is 0.0136. The van der Waals surface area contributed by atoms with Crippen molar-refractivity contribution in [1.29, 1.82) is 0 Å². The number of aldehydes is 1. The molecule has 0 aliphatic rings. The number of carbonyl (C=O) groups excluding carboxylic acids is 1. The lowest BCUT2D eigenvalue weighted by atomic mass is 10.0.